The Hall–Kier alpha value is -0.0900. The fourth-order valence-electron chi connectivity index (χ4n) is 1.22. The minimum absolute atomic E-state index is 0.221. The third-order valence-electron chi connectivity index (χ3n) is 2.14. The number of carboxylic acids is 1. The maximum atomic E-state index is 10.9. The van der Waals surface area contributed by atoms with Gasteiger partial charge >= 0.3 is 5.97 Å². The van der Waals surface area contributed by atoms with Gasteiger partial charge in [0.25, 0.3) is 0 Å². The van der Waals surface area contributed by atoms with Gasteiger partial charge in [0, 0.05) is 6.42 Å². The first kappa shape index (κ1) is 14.0. The summed E-state index contributed by atoms with van der Waals surface area (Å²) in [5.74, 6) is -0.815. The topological polar surface area (TPSA) is 83.5 Å². The van der Waals surface area contributed by atoms with Crippen LogP contribution >= 0.6 is 45.2 Å². The van der Waals surface area contributed by atoms with Gasteiger partial charge in [-0.2, -0.15) is 0 Å². The number of phenolic OH excluding ortho intramolecular Hbond substituents is 1. The highest BCUT2D eigenvalue weighted by molar-refractivity contribution is 14.1. The Morgan fingerprint density at radius 1 is 1.44 bits per heavy atom. The van der Waals surface area contributed by atoms with Crippen molar-refractivity contribution in [1.29, 1.82) is 0 Å². The number of carbonyl (C=O) groups is 1. The standard InChI is InChI=1S/C10H11I2NO3/c1-10(13,9(15)16)4-5-2-6(11)8(14)7(12)3-5/h2-3,14H,4,13H2,1H3,(H,15,16)/t10-/m0/s1. The molecule has 0 saturated carbocycles. The number of hydrogen-bond donors (Lipinski definition) is 3. The van der Waals surface area contributed by atoms with Gasteiger partial charge in [-0.15, -0.1) is 0 Å². The second-order valence-corrected chi connectivity index (χ2v) is 6.13. The van der Waals surface area contributed by atoms with Crippen molar-refractivity contribution in [2.45, 2.75) is 18.9 Å². The molecule has 0 fully saturated rings. The summed E-state index contributed by atoms with van der Waals surface area (Å²) < 4.78 is 1.39. The normalized spacial score (nSPS) is 14.5. The molecule has 4 N–H and O–H groups in total. The molecule has 1 aromatic rings. The van der Waals surface area contributed by atoms with Gasteiger partial charge in [0.05, 0.1) is 7.14 Å². The van der Waals surface area contributed by atoms with Gasteiger partial charge in [-0.05, 0) is 69.8 Å². The molecule has 0 radical (unpaired) electrons. The predicted octanol–water partition coefficient (Wildman–Crippen LogP) is 1.95. The third-order valence-corrected chi connectivity index (χ3v) is 3.78. The van der Waals surface area contributed by atoms with Crippen LogP contribution in [-0.2, 0) is 11.2 Å². The van der Waals surface area contributed by atoms with E-state index in [0.717, 1.165) is 5.56 Å². The second kappa shape index (κ2) is 5.05. The molecule has 16 heavy (non-hydrogen) atoms. The van der Waals surface area contributed by atoms with E-state index in [1.165, 1.54) is 6.92 Å². The molecule has 1 atom stereocenters. The maximum Gasteiger partial charge on any atom is 0.323 e. The average molecular weight is 447 g/mol. The molecule has 0 bridgehead atoms. The molecular formula is C10H11I2NO3. The van der Waals surface area contributed by atoms with E-state index in [0.29, 0.717) is 7.14 Å². The van der Waals surface area contributed by atoms with Crippen LogP contribution in [0.5, 0.6) is 5.75 Å². The predicted molar refractivity (Wildman–Crippen MR) is 77.5 cm³/mol. The monoisotopic (exact) mass is 447 g/mol. The van der Waals surface area contributed by atoms with Gasteiger partial charge in [0.2, 0.25) is 0 Å². The highest BCUT2D eigenvalue weighted by Crippen LogP contribution is 2.28. The Kier molecular flexibility index (Phi) is 4.41. The molecule has 0 aliphatic rings. The fourth-order valence-corrected chi connectivity index (χ4v) is 3.12. The van der Waals surface area contributed by atoms with Crippen molar-refractivity contribution in [3.63, 3.8) is 0 Å². The minimum atomic E-state index is -1.29. The Labute approximate surface area is 121 Å². The van der Waals surface area contributed by atoms with Crippen molar-refractivity contribution in [2.24, 2.45) is 5.73 Å². The molecule has 0 saturated heterocycles. The van der Waals surface area contributed by atoms with Crippen molar-refractivity contribution in [1.82, 2.24) is 0 Å². The Morgan fingerprint density at radius 3 is 2.25 bits per heavy atom. The highest BCUT2D eigenvalue weighted by atomic mass is 127. The molecule has 1 aromatic carbocycles. The Morgan fingerprint density at radius 2 is 1.88 bits per heavy atom. The smallest absolute Gasteiger partial charge is 0.323 e. The maximum absolute atomic E-state index is 10.9. The number of carboxylic acid groups (broad SMARTS) is 1. The number of rotatable bonds is 3. The van der Waals surface area contributed by atoms with Gasteiger partial charge in [-0.1, -0.05) is 0 Å². The lowest BCUT2D eigenvalue weighted by atomic mass is 9.94. The lowest BCUT2D eigenvalue weighted by Gasteiger charge is -2.19. The number of aliphatic carboxylic acids is 1. The molecule has 0 aliphatic heterocycles. The average Bonchev–Trinajstić information content (AvgIpc) is 2.13. The molecule has 0 heterocycles. The minimum Gasteiger partial charge on any atom is -0.506 e. The van der Waals surface area contributed by atoms with E-state index in [1.54, 1.807) is 12.1 Å². The van der Waals surface area contributed by atoms with E-state index in [9.17, 15) is 9.90 Å². The van der Waals surface area contributed by atoms with Gasteiger partial charge in [-0.3, -0.25) is 4.79 Å². The van der Waals surface area contributed by atoms with Crippen LogP contribution in [0.25, 0.3) is 0 Å². The van der Waals surface area contributed by atoms with E-state index < -0.39 is 11.5 Å². The van der Waals surface area contributed by atoms with Gasteiger partial charge in [-0.25, -0.2) is 0 Å². The van der Waals surface area contributed by atoms with Crippen LogP contribution in [0.15, 0.2) is 12.1 Å². The summed E-state index contributed by atoms with van der Waals surface area (Å²) in [7, 11) is 0. The summed E-state index contributed by atoms with van der Waals surface area (Å²) >= 11 is 4.00. The van der Waals surface area contributed by atoms with Crippen molar-refractivity contribution in [3.05, 3.63) is 24.8 Å². The van der Waals surface area contributed by atoms with Crippen molar-refractivity contribution in [3.8, 4) is 5.75 Å². The molecule has 1 rings (SSSR count). The number of hydrogen-bond acceptors (Lipinski definition) is 3. The van der Waals surface area contributed by atoms with Crippen LogP contribution in [0.1, 0.15) is 12.5 Å². The summed E-state index contributed by atoms with van der Waals surface area (Å²) in [4.78, 5) is 10.9. The number of benzene rings is 1. The molecule has 0 aliphatic carbocycles. The second-order valence-electron chi connectivity index (χ2n) is 3.81. The zero-order chi connectivity index (χ0) is 12.5. The first-order valence-corrected chi connectivity index (χ1v) is 6.59. The van der Waals surface area contributed by atoms with Crippen molar-refractivity contribution >= 4 is 51.2 Å². The molecule has 0 amide bonds. The molecule has 0 unspecified atom stereocenters. The molecule has 6 heteroatoms. The number of halogens is 2. The molecule has 0 spiro atoms. The summed E-state index contributed by atoms with van der Waals surface area (Å²) in [5, 5.41) is 18.5. The summed E-state index contributed by atoms with van der Waals surface area (Å²) in [6.45, 7) is 1.47. The molecule has 88 valence electrons. The highest BCUT2D eigenvalue weighted by Gasteiger charge is 2.28. The zero-order valence-electron chi connectivity index (χ0n) is 8.50. The van der Waals surface area contributed by atoms with Crippen LogP contribution in [-0.4, -0.2) is 21.7 Å². The van der Waals surface area contributed by atoms with Crippen molar-refractivity contribution < 1.29 is 15.0 Å². The van der Waals surface area contributed by atoms with Crippen LogP contribution in [0, 0.1) is 7.14 Å². The van der Waals surface area contributed by atoms with E-state index in [2.05, 4.69) is 0 Å². The first-order chi connectivity index (χ1) is 7.24. The molecular weight excluding hydrogens is 436 g/mol. The van der Waals surface area contributed by atoms with Crippen molar-refractivity contribution in [2.75, 3.05) is 0 Å². The first-order valence-electron chi connectivity index (χ1n) is 4.43. The summed E-state index contributed by atoms with van der Waals surface area (Å²) in [6, 6.07) is 3.48. The number of nitrogens with two attached hydrogens (primary N) is 1. The van der Waals surface area contributed by atoms with Crippen LogP contribution in [0.2, 0.25) is 0 Å². The largest absolute Gasteiger partial charge is 0.506 e. The zero-order valence-corrected chi connectivity index (χ0v) is 12.8. The fraction of sp³-hybridized carbons (Fsp3) is 0.300. The number of phenols is 1. The molecule has 4 nitrogen and oxygen atoms in total. The lowest BCUT2D eigenvalue weighted by molar-refractivity contribution is -0.142. The quantitative estimate of drug-likeness (QED) is 0.619. The lowest BCUT2D eigenvalue weighted by Crippen LogP contribution is -2.46. The van der Waals surface area contributed by atoms with Gasteiger partial charge in [0.1, 0.15) is 11.3 Å². The van der Waals surface area contributed by atoms with Gasteiger partial charge < -0.3 is 15.9 Å². The van der Waals surface area contributed by atoms with Gasteiger partial charge in [0.15, 0.2) is 0 Å². The Balaban J connectivity index is 3.04. The summed E-state index contributed by atoms with van der Waals surface area (Å²) in [6.07, 6.45) is 0.231. The van der Waals surface area contributed by atoms with E-state index >= 15 is 0 Å². The van der Waals surface area contributed by atoms with Crippen LogP contribution in [0.3, 0.4) is 0 Å². The SMILES string of the molecule is C[C@](N)(Cc1cc(I)c(O)c(I)c1)C(=O)O. The number of aromatic hydroxyl groups is 1. The third kappa shape index (κ3) is 3.20. The van der Waals surface area contributed by atoms with Crippen LogP contribution < -0.4 is 5.73 Å². The van der Waals surface area contributed by atoms with E-state index in [-0.39, 0.29) is 12.2 Å². The summed E-state index contributed by atoms with van der Waals surface area (Å²) in [5.41, 5.74) is 5.18. The molecule has 0 aromatic heterocycles. The Bertz CT molecular complexity index is 409. The van der Waals surface area contributed by atoms with E-state index in [1.807, 2.05) is 45.2 Å². The van der Waals surface area contributed by atoms with E-state index in [4.69, 9.17) is 10.8 Å². The van der Waals surface area contributed by atoms with Crippen LogP contribution in [0.4, 0.5) is 0 Å².